The van der Waals surface area contributed by atoms with Gasteiger partial charge in [-0.25, -0.2) is 0 Å². The summed E-state index contributed by atoms with van der Waals surface area (Å²) in [5.74, 6) is 0.293. The van der Waals surface area contributed by atoms with Gasteiger partial charge in [0.2, 0.25) is 0 Å². The lowest BCUT2D eigenvalue weighted by Crippen LogP contribution is -2.32. The van der Waals surface area contributed by atoms with Gasteiger partial charge in [-0.2, -0.15) is 0 Å². The Morgan fingerprint density at radius 2 is 2.23 bits per heavy atom. The standard InChI is InChI=1S/C18H24N2O2/c1-5-9-20(13(2)3)10-8-15-12-19-18-7-6-16(11-17(15)18)22-14(4)21/h5-7,11-13,19H,1,8-10H2,2-4H3. The van der Waals surface area contributed by atoms with Gasteiger partial charge in [0.05, 0.1) is 0 Å². The third-order valence-corrected chi connectivity index (χ3v) is 3.76. The van der Waals surface area contributed by atoms with Crippen LogP contribution >= 0.6 is 0 Å². The molecule has 0 aliphatic heterocycles. The summed E-state index contributed by atoms with van der Waals surface area (Å²) in [6.45, 7) is 11.5. The molecule has 0 unspecified atom stereocenters. The predicted molar refractivity (Wildman–Crippen MR) is 90.2 cm³/mol. The van der Waals surface area contributed by atoms with Gasteiger partial charge in [-0.05, 0) is 44.0 Å². The summed E-state index contributed by atoms with van der Waals surface area (Å²) < 4.78 is 5.17. The van der Waals surface area contributed by atoms with Gasteiger partial charge in [-0.1, -0.05) is 6.08 Å². The fourth-order valence-electron chi connectivity index (χ4n) is 2.58. The monoisotopic (exact) mass is 300 g/mol. The van der Waals surface area contributed by atoms with Gasteiger partial charge in [-0.15, -0.1) is 6.58 Å². The van der Waals surface area contributed by atoms with Crippen LogP contribution < -0.4 is 4.74 Å². The van der Waals surface area contributed by atoms with Gasteiger partial charge in [0.15, 0.2) is 0 Å². The van der Waals surface area contributed by atoms with E-state index in [1.165, 1.54) is 12.5 Å². The zero-order valence-electron chi connectivity index (χ0n) is 13.6. The van der Waals surface area contributed by atoms with Crippen LogP contribution in [0.25, 0.3) is 10.9 Å². The maximum Gasteiger partial charge on any atom is 0.308 e. The number of aromatic amines is 1. The van der Waals surface area contributed by atoms with E-state index in [9.17, 15) is 4.79 Å². The van der Waals surface area contributed by atoms with E-state index in [0.29, 0.717) is 11.8 Å². The topological polar surface area (TPSA) is 45.3 Å². The Morgan fingerprint density at radius 3 is 2.86 bits per heavy atom. The van der Waals surface area contributed by atoms with Crippen LogP contribution in [0.2, 0.25) is 0 Å². The SMILES string of the molecule is C=CCN(CCc1c[nH]c2ccc(OC(C)=O)cc12)C(C)C. The smallest absolute Gasteiger partial charge is 0.308 e. The number of benzene rings is 1. The first-order valence-corrected chi connectivity index (χ1v) is 7.64. The van der Waals surface area contributed by atoms with Gasteiger partial charge in [-0.3, -0.25) is 9.69 Å². The molecule has 1 aromatic heterocycles. The van der Waals surface area contributed by atoms with Crippen molar-refractivity contribution in [3.63, 3.8) is 0 Å². The van der Waals surface area contributed by atoms with Crippen molar-refractivity contribution < 1.29 is 9.53 Å². The Morgan fingerprint density at radius 1 is 1.45 bits per heavy atom. The number of carbonyl (C=O) groups excluding carboxylic acids is 1. The minimum absolute atomic E-state index is 0.298. The number of nitrogens with one attached hydrogen (secondary N) is 1. The van der Waals surface area contributed by atoms with Crippen LogP contribution in [0.4, 0.5) is 0 Å². The van der Waals surface area contributed by atoms with Crippen LogP contribution in [0.3, 0.4) is 0 Å². The molecule has 1 heterocycles. The molecule has 0 atom stereocenters. The van der Waals surface area contributed by atoms with Crippen LogP contribution in [0.5, 0.6) is 5.75 Å². The van der Waals surface area contributed by atoms with Gasteiger partial charge in [0, 0.05) is 43.2 Å². The molecule has 2 rings (SSSR count). The number of rotatable bonds is 7. The maximum atomic E-state index is 11.1. The van der Waals surface area contributed by atoms with E-state index in [2.05, 4.69) is 30.3 Å². The Bertz CT molecular complexity index is 658. The number of nitrogens with zero attached hydrogens (tertiary/aromatic N) is 1. The first kappa shape index (κ1) is 16.3. The van der Waals surface area contributed by atoms with E-state index in [4.69, 9.17) is 4.74 Å². The van der Waals surface area contributed by atoms with Crippen molar-refractivity contribution in [3.8, 4) is 5.75 Å². The molecule has 4 heteroatoms. The van der Waals surface area contributed by atoms with Crippen LogP contribution in [0, 0.1) is 0 Å². The third-order valence-electron chi connectivity index (χ3n) is 3.76. The number of H-pyrrole nitrogens is 1. The maximum absolute atomic E-state index is 11.1. The molecule has 22 heavy (non-hydrogen) atoms. The van der Waals surface area contributed by atoms with Crippen LogP contribution in [-0.4, -0.2) is 35.0 Å². The summed E-state index contributed by atoms with van der Waals surface area (Å²) in [7, 11) is 0. The second-order valence-corrected chi connectivity index (χ2v) is 5.74. The van der Waals surface area contributed by atoms with Crippen molar-refractivity contribution in [2.24, 2.45) is 0 Å². The molecular weight excluding hydrogens is 276 g/mol. The third kappa shape index (κ3) is 3.98. The molecule has 0 saturated heterocycles. The Kier molecular flexibility index (Phi) is 5.39. The first-order valence-electron chi connectivity index (χ1n) is 7.64. The lowest BCUT2D eigenvalue weighted by atomic mass is 10.1. The summed E-state index contributed by atoms with van der Waals surface area (Å²) in [6, 6.07) is 6.17. The van der Waals surface area contributed by atoms with Gasteiger partial charge in [0.1, 0.15) is 5.75 Å². The molecule has 0 bridgehead atoms. The normalized spacial score (nSPS) is 11.3. The molecule has 0 saturated carbocycles. The van der Waals surface area contributed by atoms with Crippen molar-refractivity contribution in [1.82, 2.24) is 9.88 Å². The van der Waals surface area contributed by atoms with Crippen molar-refractivity contribution in [1.29, 1.82) is 0 Å². The lowest BCUT2D eigenvalue weighted by molar-refractivity contribution is -0.131. The summed E-state index contributed by atoms with van der Waals surface area (Å²) in [6.07, 6.45) is 4.91. The van der Waals surface area contributed by atoms with E-state index >= 15 is 0 Å². The second-order valence-electron chi connectivity index (χ2n) is 5.74. The Balaban J connectivity index is 2.16. The fourth-order valence-corrected chi connectivity index (χ4v) is 2.58. The van der Waals surface area contributed by atoms with Crippen molar-refractivity contribution >= 4 is 16.9 Å². The molecule has 0 radical (unpaired) electrons. The molecule has 0 fully saturated rings. The van der Waals surface area contributed by atoms with Crippen LogP contribution in [0.1, 0.15) is 26.3 Å². The lowest BCUT2D eigenvalue weighted by Gasteiger charge is -2.24. The van der Waals surface area contributed by atoms with Crippen LogP contribution in [0.15, 0.2) is 37.1 Å². The number of carbonyl (C=O) groups is 1. The highest BCUT2D eigenvalue weighted by atomic mass is 16.5. The number of ether oxygens (including phenoxy) is 1. The number of fused-ring (bicyclic) bond motifs is 1. The van der Waals surface area contributed by atoms with Gasteiger partial charge in [0.25, 0.3) is 0 Å². The van der Waals surface area contributed by atoms with Crippen molar-refractivity contribution in [2.75, 3.05) is 13.1 Å². The minimum atomic E-state index is -0.298. The zero-order chi connectivity index (χ0) is 16.1. The highest BCUT2D eigenvalue weighted by molar-refractivity contribution is 5.85. The second kappa shape index (κ2) is 7.27. The Labute approximate surface area is 131 Å². The molecule has 0 aliphatic carbocycles. The number of hydrogen-bond donors (Lipinski definition) is 1. The first-order chi connectivity index (χ1) is 10.5. The quantitative estimate of drug-likeness (QED) is 0.483. The molecule has 1 aromatic carbocycles. The predicted octanol–water partition coefficient (Wildman–Crippen LogP) is 3.53. The minimum Gasteiger partial charge on any atom is -0.427 e. The van der Waals surface area contributed by atoms with E-state index in [0.717, 1.165) is 30.4 Å². The van der Waals surface area contributed by atoms with Crippen molar-refractivity contribution in [2.45, 2.75) is 33.2 Å². The average molecular weight is 300 g/mol. The Hall–Kier alpha value is -2.07. The average Bonchev–Trinajstić information content (AvgIpc) is 2.85. The molecule has 2 aromatic rings. The molecule has 0 spiro atoms. The van der Waals surface area contributed by atoms with Crippen molar-refractivity contribution in [3.05, 3.63) is 42.6 Å². The number of aromatic nitrogens is 1. The van der Waals surface area contributed by atoms with E-state index in [-0.39, 0.29) is 5.97 Å². The number of hydrogen-bond acceptors (Lipinski definition) is 3. The van der Waals surface area contributed by atoms with E-state index < -0.39 is 0 Å². The highest BCUT2D eigenvalue weighted by Gasteiger charge is 2.11. The molecule has 0 aliphatic rings. The zero-order valence-corrected chi connectivity index (χ0v) is 13.6. The molecule has 0 amide bonds. The summed E-state index contributed by atoms with van der Waals surface area (Å²) >= 11 is 0. The summed E-state index contributed by atoms with van der Waals surface area (Å²) in [5.41, 5.74) is 2.30. The summed E-state index contributed by atoms with van der Waals surface area (Å²) in [5, 5.41) is 1.11. The van der Waals surface area contributed by atoms with Crippen LogP contribution in [-0.2, 0) is 11.2 Å². The molecular formula is C18H24N2O2. The van der Waals surface area contributed by atoms with E-state index in [1.807, 2.05) is 30.5 Å². The molecule has 118 valence electrons. The van der Waals surface area contributed by atoms with E-state index in [1.54, 1.807) is 0 Å². The highest BCUT2D eigenvalue weighted by Crippen LogP contribution is 2.24. The summed E-state index contributed by atoms with van der Waals surface area (Å²) in [4.78, 5) is 16.7. The fraction of sp³-hybridized carbons (Fsp3) is 0.389. The van der Waals surface area contributed by atoms with Gasteiger partial charge < -0.3 is 9.72 Å². The number of esters is 1. The largest absolute Gasteiger partial charge is 0.427 e. The molecule has 4 nitrogen and oxygen atoms in total. The van der Waals surface area contributed by atoms with Gasteiger partial charge >= 0.3 is 5.97 Å². The molecule has 1 N–H and O–H groups in total.